The summed E-state index contributed by atoms with van der Waals surface area (Å²) in [6, 6.07) is 0. The highest BCUT2D eigenvalue weighted by atomic mass is 32.2. The van der Waals surface area contributed by atoms with Crippen molar-refractivity contribution in [1.29, 1.82) is 0 Å². The van der Waals surface area contributed by atoms with Gasteiger partial charge >= 0.3 is 0 Å². The summed E-state index contributed by atoms with van der Waals surface area (Å²) in [5.74, 6) is -0.181. The summed E-state index contributed by atoms with van der Waals surface area (Å²) >= 11 is 0. The van der Waals surface area contributed by atoms with Crippen LogP contribution in [0.1, 0.15) is 32.6 Å². The molecule has 2 aliphatic rings. The van der Waals surface area contributed by atoms with Crippen molar-refractivity contribution in [2.24, 2.45) is 5.92 Å². The van der Waals surface area contributed by atoms with Crippen LogP contribution in [0.2, 0.25) is 0 Å². The SMILES string of the molecule is CCS(=O)(=O)N1CCC[C@@H](C(=O)NC[C@H]2CCCO2)C1. The molecule has 20 heavy (non-hydrogen) atoms. The molecule has 1 amide bonds. The highest BCUT2D eigenvalue weighted by Crippen LogP contribution is 2.20. The number of nitrogens with one attached hydrogen (secondary N) is 1. The van der Waals surface area contributed by atoms with Gasteiger partial charge in [0.1, 0.15) is 0 Å². The Morgan fingerprint density at radius 1 is 1.35 bits per heavy atom. The number of hydrogen-bond acceptors (Lipinski definition) is 4. The second-order valence-corrected chi connectivity index (χ2v) is 7.74. The van der Waals surface area contributed by atoms with Crippen LogP contribution in [0.4, 0.5) is 0 Å². The molecule has 2 heterocycles. The van der Waals surface area contributed by atoms with Crippen LogP contribution in [0.5, 0.6) is 0 Å². The first-order valence-electron chi connectivity index (χ1n) is 7.40. The molecule has 2 rings (SSSR count). The monoisotopic (exact) mass is 304 g/mol. The summed E-state index contributed by atoms with van der Waals surface area (Å²) in [5.41, 5.74) is 0. The highest BCUT2D eigenvalue weighted by molar-refractivity contribution is 7.89. The number of nitrogens with zero attached hydrogens (tertiary/aromatic N) is 1. The van der Waals surface area contributed by atoms with E-state index in [0.717, 1.165) is 32.3 Å². The van der Waals surface area contributed by atoms with Crippen molar-refractivity contribution in [2.75, 3.05) is 32.0 Å². The molecule has 2 aliphatic heterocycles. The first kappa shape index (κ1) is 15.7. The standard InChI is InChI=1S/C13H24N2O4S/c1-2-20(17,18)15-7-3-5-11(10-15)13(16)14-9-12-6-4-8-19-12/h11-12H,2-10H2,1H3,(H,14,16)/t11-,12-/m1/s1. The van der Waals surface area contributed by atoms with Crippen LogP contribution in [-0.4, -0.2) is 56.7 Å². The Labute approximate surface area is 120 Å². The quantitative estimate of drug-likeness (QED) is 0.795. The van der Waals surface area contributed by atoms with Crippen molar-refractivity contribution < 1.29 is 17.9 Å². The number of carbonyl (C=O) groups is 1. The molecule has 2 atom stereocenters. The van der Waals surface area contributed by atoms with E-state index >= 15 is 0 Å². The van der Waals surface area contributed by atoms with Gasteiger partial charge in [-0.1, -0.05) is 0 Å². The summed E-state index contributed by atoms with van der Waals surface area (Å²) in [7, 11) is -3.19. The highest BCUT2D eigenvalue weighted by Gasteiger charge is 2.31. The topological polar surface area (TPSA) is 75.7 Å². The molecule has 2 saturated heterocycles. The molecule has 116 valence electrons. The minimum Gasteiger partial charge on any atom is -0.376 e. The van der Waals surface area contributed by atoms with Gasteiger partial charge in [-0.2, -0.15) is 0 Å². The maximum absolute atomic E-state index is 12.1. The average molecular weight is 304 g/mol. The van der Waals surface area contributed by atoms with Crippen molar-refractivity contribution >= 4 is 15.9 Å². The molecule has 2 fully saturated rings. The maximum atomic E-state index is 12.1. The second kappa shape index (κ2) is 6.87. The largest absolute Gasteiger partial charge is 0.376 e. The number of ether oxygens (including phenoxy) is 1. The van der Waals surface area contributed by atoms with Gasteiger partial charge in [-0.15, -0.1) is 0 Å². The minimum absolute atomic E-state index is 0.0449. The van der Waals surface area contributed by atoms with E-state index in [1.54, 1.807) is 6.92 Å². The molecule has 0 bridgehead atoms. The number of amides is 1. The Morgan fingerprint density at radius 2 is 2.15 bits per heavy atom. The lowest BCUT2D eigenvalue weighted by atomic mass is 9.99. The molecule has 0 spiro atoms. The van der Waals surface area contributed by atoms with E-state index in [1.165, 1.54) is 4.31 Å². The van der Waals surface area contributed by atoms with E-state index in [1.807, 2.05) is 0 Å². The van der Waals surface area contributed by atoms with Gasteiger partial charge in [0, 0.05) is 26.2 Å². The van der Waals surface area contributed by atoms with E-state index in [0.29, 0.717) is 19.6 Å². The van der Waals surface area contributed by atoms with Crippen LogP contribution in [0, 0.1) is 5.92 Å². The van der Waals surface area contributed by atoms with Gasteiger partial charge in [0.05, 0.1) is 17.8 Å². The smallest absolute Gasteiger partial charge is 0.224 e. The van der Waals surface area contributed by atoms with E-state index < -0.39 is 10.0 Å². The van der Waals surface area contributed by atoms with Gasteiger partial charge in [0.15, 0.2) is 0 Å². The Hall–Kier alpha value is -0.660. The average Bonchev–Trinajstić information content (AvgIpc) is 2.98. The Balaban J connectivity index is 1.83. The molecule has 0 radical (unpaired) electrons. The molecule has 6 nitrogen and oxygen atoms in total. The van der Waals surface area contributed by atoms with Crippen LogP contribution in [0.15, 0.2) is 0 Å². The summed E-state index contributed by atoms with van der Waals surface area (Å²) in [6.07, 6.45) is 3.66. The van der Waals surface area contributed by atoms with E-state index in [2.05, 4.69) is 5.32 Å². The number of sulfonamides is 1. The molecule has 7 heteroatoms. The molecule has 0 saturated carbocycles. The van der Waals surface area contributed by atoms with Gasteiger partial charge in [-0.05, 0) is 32.6 Å². The zero-order valence-corrected chi connectivity index (χ0v) is 12.8. The fourth-order valence-corrected chi connectivity index (χ4v) is 3.94. The van der Waals surface area contributed by atoms with Crippen LogP contribution >= 0.6 is 0 Å². The number of carbonyl (C=O) groups excluding carboxylic acids is 1. The second-order valence-electron chi connectivity index (χ2n) is 5.48. The molecular formula is C13H24N2O4S. The predicted octanol–water partition coefficient (Wildman–Crippen LogP) is 0.343. The third kappa shape index (κ3) is 3.93. The Bertz CT molecular complexity index is 432. The molecule has 0 aromatic carbocycles. The lowest BCUT2D eigenvalue weighted by molar-refractivity contribution is -0.126. The van der Waals surface area contributed by atoms with E-state index in [-0.39, 0.29) is 23.7 Å². The molecular weight excluding hydrogens is 280 g/mol. The Kier molecular flexibility index (Phi) is 5.40. The summed E-state index contributed by atoms with van der Waals surface area (Å²) in [4.78, 5) is 12.1. The molecule has 0 unspecified atom stereocenters. The first-order valence-corrected chi connectivity index (χ1v) is 9.01. The van der Waals surface area contributed by atoms with Crippen molar-refractivity contribution in [2.45, 2.75) is 38.7 Å². The maximum Gasteiger partial charge on any atom is 0.224 e. The number of hydrogen-bond donors (Lipinski definition) is 1. The lowest BCUT2D eigenvalue weighted by Gasteiger charge is -2.31. The van der Waals surface area contributed by atoms with Crippen LogP contribution in [-0.2, 0) is 19.6 Å². The summed E-state index contributed by atoms with van der Waals surface area (Å²) in [6.45, 7) is 3.79. The van der Waals surface area contributed by atoms with Crippen LogP contribution in [0.25, 0.3) is 0 Å². The predicted molar refractivity (Wildman–Crippen MR) is 75.7 cm³/mol. The minimum atomic E-state index is -3.19. The summed E-state index contributed by atoms with van der Waals surface area (Å²) < 4.78 is 30.6. The first-order chi connectivity index (χ1) is 9.53. The fourth-order valence-electron chi connectivity index (χ4n) is 2.76. The van der Waals surface area contributed by atoms with Gasteiger partial charge in [-0.25, -0.2) is 12.7 Å². The van der Waals surface area contributed by atoms with Gasteiger partial charge in [-0.3, -0.25) is 4.79 Å². The number of piperidine rings is 1. The van der Waals surface area contributed by atoms with Gasteiger partial charge in [0.2, 0.25) is 15.9 Å². The van der Waals surface area contributed by atoms with Crippen LogP contribution in [0.3, 0.4) is 0 Å². The lowest BCUT2D eigenvalue weighted by Crippen LogP contribution is -2.46. The molecule has 0 aromatic heterocycles. The normalized spacial score (nSPS) is 28.4. The van der Waals surface area contributed by atoms with E-state index in [9.17, 15) is 13.2 Å². The number of rotatable bonds is 5. The van der Waals surface area contributed by atoms with Gasteiger partial charge in [0.25, 0.3) is 0 Å². The fraction of sp³-hybridized carbons (Fsp3) is 0.923. The zero-order valence-electron chi connectivity index (χ0n) is 12.0. The van der Waals surface area contributed by atoms with E-state index in [4.69, 9.17) is 4.74 Å². The van der Waals surface area contributed by atoms with Crippen molar-refractivity contribution in [1.82, 2.24) is 9.62 Å². The van der Waals surface area contributed by atoms with Crippen molar-refractivity contribution in [3.05, 3.63) is 0 Å². The molecule has 0 aliphatic carbocycles. The third-order valence-corrected chi connectivity index (χ3v) is 5.89. The molecule has 0 aromatic rings. The Morgan fingerprint density at radius 3 is 2.80 bits per heavy atom. The van der Waals surface area contributed by atoms with Crippen molar-refractivity contribution in [3.8, 4) is 0 Å². The zero-order chi connectivity index (χ0) is 14.6. The third-order valence-electron chi connectivity index (χ3n) is 4.04. The summed E-state index contributed by atoms with van der Waals surface area (Å²) in [5, 5.41) is 2.90. The van der Waals surface area contributed by atoms with Crippen LogP contribution < -0.4 is 5.32 Å². The molecule has 1 N–H and O–H groups in total. The van der Waals surface area contributed by atoms with Crippen molar-refractivity contribution in [3.63, 3.8) is 0 Å². The van der Waals surface area contributed by atoms with Gasteiger partial charge < -0.3 is 10.1 Å².